The van der Waals surface area contributed by atoms with Gasteiger partial charge in [-0.2, -0.15) is 9.78 Å². The topological polar surface area (TPSA) is 36.9 Å². The largest absolute Gasteiger partial charge is 0.346 e. The molecule has 2 aromatic rings. The van der Waals surface area contributed by atoms with Crippen molar-refractivity contribution in [3.8, 4) is 0 Å². The molecule has 0 bridgehead atoms. The Morgan fingerprint density at radius 1 is 0.682 bits per heavy atom. The van der Waals surface area contributed by atoms with Crippen LogP contribution in [0.25, 0.3) is 0 Å². The van der Waals surface area contributed by atoms with E-state index in [1.54, 1.807) is 0 Å². The van der Waals surface area contributed by atoms with Crippen LogP contribution in [0.5, 0.6) is 0 Å². The number of hydrogen-bond acceptors (Lipinski definition) is 4. The molecular formula is C18H18O4. The van der Waals surface area contributed by atoms with Crippen molar-refractivity contribution in [2.75, 3.05) is 13.2 Å². The van der Waals surface area contributed by atoms with E-state index in [1.807, 2.05) is 36.4 Å². The number of fused-ring (bicyclic) bond motifs is 2. The highest BCUT2D eigenvalue weighted by atomic mass is 17.2. The van der Waals surface area contributed by atoms with Crippen molar-refractivity contribution >= 4 is 0 Å². The van der Waals surface area contributed by atoms with Crippen LogP contribution >= 0.6 is 0 Å². The molecule has 0 aliphatic carbocycles. The lowest BCUT2D eigenvalue weighted by Crippen LogP contribution is -2.23. The van der Waals surface area contributed by atoms with Crippen LogP contribution in [0.3, 0.4) is 0 Å². The van der Waals surface area contributed by atoms with E-state index in [1.165, 1.54) is 11.1 Å². The summed E-state index contributed by atoms with van der Waals surface area (Å²) in [6.45, 7) is 1.26. The third kappa shape index (κ3) is 2.66. The van der Waals surface area contributed by atoms with Crippen LogP contribution in [-0.4, -0.2) is 13.2 Å². The quantitative estimate of drug-likeness (QED) is 0.642. The highest BCUT2D eigenvalue weighted by Gasteiger charge is 2.26. The molecule has 0 radical (unpaired) electrons. The summed E-state index contributed by atoms with van der Waals surface area (Å²) >= 11 is 0. The van der Waals surface area contributed by atoms with Crippen molar-refractivity contribution in [1.29, 1.82) is 0 Å². The second kappa shape index (κ2) is 6.18. The summed E-state index contributed by atoms with van der Waals surface area (Å²) < 4.78 is 11.4. The third-order valence-corrected chi connectivity index (χ3v) is 4.13. The summed E-state index contributed by atoms with van der Waals surface area (Å²) in [6, 6.07) is 16.2. The van der Waals surface area contributed by atoms with Crippen molar-refractivity contribution in [2.24, 2.45) is 0 Å². The number of rotatable bonds is 3. The first kappa shape index (κ1) is 13.9. The molecule has 4 rings (SSSR count). The fourth-order valence-corrected chi connectivity index (χ4v) is 2.98. The van der Waals surface area contributed by atoms with E-state index < -0.39 is 12.6 Å². The zero-order valence-electron chi connectivity index (χ0n) is 12.2. The summed E-state index contributed by atoms with van der Waals surface area (Å²) in [7, 11) is 0. The molecule has 4 nitrogen and oxygen atoms in total. The van der Waals surface area contributed by atoms with E-state index in [0.29, 0.717) is 13.2 Å². The summed E-state index contributed by atoms with van der Waals surface area (Å²) in [4.78, 5) is 11.1. The summed E-state index contributed by atoms with van der Waals surface area (Å²) in [5, 5.41) is 0. The number of ether oxygens (including phenoxy) is 2. The highest BCUT2D eigenvalue weighted by Crippen LogP contribution is 2.32. The fourth-order valence-electron chi connectivity index (χ4n) is 2.98. The van der Waals surface area contributed by atoms with Gasteiger partial charge in [-0.25, -0.2) is 0 Å². The first-order valence-electron chi connectivity index (χ1n) is 7.63. The highest BCUT2D eigenvalue weighted by molar-refractivity contribution is 5.30. The lowest BCUT2D eigenvalue weighted by molar-refractivity contribution is -0.445. The van der Waals surface area contributed by atoms with Gasteiger partial charge in [0.15, 0.2) is 0 Å². The molecule has 0 amide bonds. The molecule has 2 heterocycles. The minimum atomic E-state index is -0.498. The fraction of sp³-hybridized carbons (Fsp3) is 0.333. The average Bonchev–Trinajstić information content (AvgIpc) is 2.60. The Kier molecular flexibility index (Phi) is 3.91. The molecule has 22 heavy (non-hydrogen) atoms. The Bertz CT molecular complexity index is 598. The van der Waals surface area contributed by atoms with Crippen molar-refractivity contribution in [3.63, 3.8) is 0 Å². The second-order valence-corrected chi connectivity index (χ2v) is 5.50. The monoisotopic (exact) mass is 298 g/mol. The van der Waals surface area contributed by atoms with Crippen LogP contribution in [0.15, 0.2) is 48.5 Å². The van der Waals surface area contributed by atoms with Crippen molar-refractivity contribution in [3.05, 3.63) is 70.8 Å². The normalized spacial score (nSPS) is 23.6. The predicted molar refractivity (Wildman–Crippen MR) is 79.8 cm³/mol. The Morgan fingerprint density at radius 3 is 1.64 bits per heavy atom. The Balaban J connectivity index is 1.48. The Hall–Kier alpha value is -1.72. The van der Waals surface area contributed by atoms with Crippen LogP contribution in [0.4, 0.5) is 0 Å². The summed E-state index contributed by atoms with van der Waals surface area (Å²) in [5.74, 6) is 0. The van der Waals surface area contributed by atoms with Gasteiger partial charge in [-0.3, -0.25) is 0 Å². The standard InChI is InChI=1S/C18H18O4/c1-3-7-15-13(5-1)9-11-19-17(15)21-22-18-16-8-4-2-6-14(16)10-12-20-18/h1-8,17-18H,9-12H2. The Morgan fingerprint density at radius 2 is 1.14 bits per heavy atom. The minimum Gasteiger partial charge on any atom is -0.346 e. The zero-order valence-corrected chi connectivity index (χ0v) is 12.2. The van der Waals surface area contributed by atoms with Crippen molar-refractivity contribution in [1.82, 2.24) is 0 Å². The van der Waals surface area contributed by atoms with E-state index in [-0.39, 0.29) is 0 Å². The Labute approximate surface area is 129 Å². The molecule has 2 aliphatic rings. The van der Waals surface area contributed by atoms with Gasteiger partial charge in [-0.15, -0.1) is 0 Å². The maximum absolute atomic E-state index is 5.68. The van der Waals surface area contributed by atoms with E-state index in [9.17, 15) is 0 Å². The first-order valence-corrected chi connectivity index (χ1v) is 7.63. The molecule has 114 valence electrons. The van der Waals surface area contributed by atoms with Crippen LogP contribution in [0.1, 0.15) is 34.8 Å². The lowest BCUT2D eigenvalue weighted by atomic mass is 10.0. The van der Waals surface area contributed by atoms with E-state index in [0.717, 1.165) is 24.0 Å². The smallest absolute Gasteiger partial charge is 0.217 e. The van der Waals surface area contributed by atoms with Crippen LogP contribution in [-0.2, 0) is 32.1 Å². The van der Waals surface area contributed by atoms with Crippen molar-refractivity contribution < 1.29 is 19.2 Å². The second-order valence-electron chi connectivity index (χ2n) is 5.50. The van der Waals surface area contributed by atoms with Gasteiger partial charge in [-0.1, -0.05) is 48.5 Å². The van der Waals surface area contributed by atoms with Crippen LogP contribution < -0.4 is 0 Å². The van der Waals surface area contributed by atoms with Gasteiger partial charge in [0.05, 0.1) is 13.2 Å². The molecule has 0 fully saturated rings. The maximum atomic E-state index is 5.68. The predicted octanol–water partition coefficient (Wildman–Crippen LogP) is 3.48. The van der Waals surface area contributed by atoms with Gasteiger partial charge < -0.3 is 9.47 Å². The van der Waals surface area contributed by atoms with Gasteiger partial charge in [0.25, 0.3) is 0 Å². The first-order chi connectivity index (χ1) is 10.9. The summed E-state index contributed by atoms with van der Waals surface area (Å²) in [5.41, 5.74) is 4.54. The molecular weight excluding hydrogens is 280 g/mol. The average molecular weight is 298 g/mol. The van der Waals surface area contributed by atoms with Crippen molar-refractivity contribution in [2.45, 2.75) is 25.4 Å². The molecule has 0 saturated carbocycles. The van der Waals surface area contributed by atoms with Gasteiger partial charge in [0, 0.05) is 11.1 Å². The minimum absolute atomic E-state index is 0.498. The number of benzene rings is 2. The van der Waals surface area contributed by atoms with Gasteiger partial charge in [0.1, 0.15) is 0 Å². The zero-order chi connectivity index (χ0) is 14.8. The SMILES string of the molecule is c1ccc2c(c1)CCOC2OOC1OCCc2ccccc21. The third-order valence-electron chi connectivity index (χ3n) is 4.13. The summed E-state index contributed by atoms with van der Waals surface area (Å²) in [6.07, 6.45) is 0.808. The van der Waals surface area contributed by atoms with E-state index in [4.69, 9.17) is 19.2 Å². The van der Waals surface area contributed by atoms with E-state index in [2.05, 4.69) is 12.1 Å². The van der Waals surface area contributed by atoms with Crippen LogP contribution in [0.2, 0.25) is 0 Å². The molecule has 0 aromatic heterocycles. The molecule has 2 atom stereocenters. The molecule has 0 saturated heterocycles. The lowest BCUT2D eigenvalue weighted by Gasteiger charge is -2.29. The molecule has 0 spiro atoms. The van der Waals surface area contributed by atoms with E-state index >= 15 is 0 Å². The molecule has 0 N–H and O–H groups in total. The molecule has 2 aliphatic heterocycles. The van der Waals surface area contributed by atoms with Gasteiger partial charge in [0.2, 0.25) is 12.6 Å². The maximum Gasteiger partial charge on any atom is 0.217 e. The van der Waals surface area contributed by atoms with Gasteiger partial charge >= 0.3 is 0 Å². The molecule has 2 unspecified atom stereocenters. The van der Waals surface area contributed by atoms with Crippen LogP contribution in [0, 0.1) is 0 Å². The van der Waals surface area contributed by atoms with Gasteiger partial charge in [-0.05, 0) is 24.0 Å². The molecule has 4 heteroatoms. The number of hydrogen-bond donors (Lipinski definition) is 0. The molecule has 2 aromatic carbocycles.